The van der Waals surface area contributed by atoms with Gasteiger partial charge < -0.3 is 15.2 Å². The van der Waals surface area contributed by atoms with Crippen LogP contribution < -0.4 is 10.1 Å². The number of nitrogens with one attached hydrogen (secondary N) is 1. The summed E-state index contributed by atoms with van der Waals surface area (Å²) in [7, 11) is 0. The predicted molar refractivity (Wildman–Crippen MR) is 82.7 cm³/mol. The monoisotopic (exact) mass is 327 g/mol. The third kappa shape index (κ3) is 6.76. The summed E-state index contributed by atoms with van der Waals surface area (Å²) in [6.45, 7) is 5.73. The van der Waals surface area contributed by atoms with E-state index in [9.17, 15) is 5.11 Å². The summed E-state index contributed by atoms with van der Waals surface area (Å²) in [5, 5.41) is 13.0. The summed E-state index contributed by atoms with van der Waals surface area (Å²) in [6, 6.07) is 5.89. The number of rotatable bonds is 8. The van der Waals surface area contributed by atoms with E-state index in [1.165, 1.54) is 5.56 Å². The zero-order valence-corrected chi connectivity index (χ0v) is 13.1. The van der Waals surface area contributed by atoms with Gasteiger partial charge in [-0.15, -0.1) is 0 Å². The van der Waals surface area contributed by atoms with Gasteiger partial charge in [0.2, 0.25) is 0 Å². The van der Waals surface area contributed by atoms with Crippen molar-refractivity contribution >= 4 is 15.9 Å². The van der Waals surface area contributed by atoms with Crippen LogP contribution in [-0.2, 0) is 0 Å². The Kier molecular flexibility index (Phi) is 7.79. The maximum absolute atomic E-state index is 9.79. The summed E-state index contributed by atoms with van der Waals surface area (Å²) >= 11 is 3.45. The van der Waals surface area contributed by atoms with Crippen molar-refractivity contribution in [2.45, 2.75) is 26.4 Å². The van der Waals surface area contributed by atoms with Crippen molar-refractivity contribution in [3.05, 3.63) is 40.4 Å². The molecule has 1 aromatic rings. The number of hydrogen-bond acceptors (Lipinski definition) is 3. The third-order valence-corrected chi connectivity index (χ3v) is 3.24. The van der Waals surface area contributed by atoms with Crippen LogP contribution in [0.25, 0.3) is 0 Å². The van der Waals surface area contributed by atoms with E-state index in [2.05, 4.69) is 27.3 Å². The minimum absolute atomic E-state index is 0.290. The molecule has 0 fully saturated rings. The Morgan fingerprint density at radius 1 is 1.47 bits per heavy atom. The van der Waals surface area contributed by atoms with E-state index in [-0.39, 0.29) is 6.61 Å². The van der Waals surface area contributed by atoms with Crippen LogP contribution in [0, 0.1) is 6.92 Å². The van der Waals surface area contributed by atoms with Gasteiger partial charge in [0.05, 0.1) is 4.47 Å². The SMILES string of the molecule is C/C=C/CCNCC(O)COc1ccc(C)cc1Br. The topological polar surface area (TPSA) is 41.5 Å². The molecule has 0 radical (unpaired) electrons. The number of allylic oxidation sites excluding steroid dienone is 1. The normalized spacial score (nSPS) is 12.8. The number of aryl methyl sites for hydroxylation is 1. The molecule has 0 aromatic heterocycles. The molecule has 1 unspecified atom stereocenters. The smallest absolute Gasteiger partial charge is 0.133 e. The molecule has 0 aliphatic rings. The summed E-state index contributed by atoms with van der Waals surface area (Å²) in [6.07, 6.45) is 4.60. The van der Waals surface area contributed by atoms with Gasteiger partial charge in [-0.2, -0.15) is 0 Å². The second kappa shape index (κ2) is 9.13. The van der Waals surface area contributed by atoms with Crippen molar-refractivity contribution in [2.75, 3.05) is 19.7 Å². The molecular weight excluding hydrogens is 306 g/mol. The Labute approximate surface area is 123 Å². The minimum atomic E-state index is -0.501. The summed E-state index contributed by atoms with van der Waals surface area (Å²) in [5.74, 6) is 0.763. The molecule has 106 valence electrons. The van der Waals surface area contributed by atoms with Gasteiger partial charge in [-0.3, -0.25) is 0 Å². The molecule has 0 aliphatic heterocycles. The standard InChI is InChI=1S/C15H22BrNO2/c1-3-4-5-8-17-10-13(18)11-19-15-7-6-12(2)9-14(15)16/h3-4,6-7,9,13,17-18H,5,8,10-11H2,1-2H3/b4-3+. The quantitative estimate of drug-likeness (QED) is 0.569. The highest BCUT2D eigenvalue weighted by atomic mass is 79.9. The fourth-order valence-electron chi connectivity index (χ4n) is 1.59. The lowest BCUT2D eigenvalue weighted by Gasteiger charge is -2.14. The van der Waals surface area contributed by atoms with Crippen LogP contribution in [-0.4, -0.2) is 30.9 Å². The fraction of sp³-hybridized carbons (Fsp3) is 0.467. The van der Waals surface area contributed by atoms with E-state index in [0.717, 1.165) is 23.2 Å². The van der Waals surface area contributed by atoms with Crippen LogP contribution in [0.1, 0.15) is 18.9 Å². The number of halogens is 1. The molecule has 0 saturated carbocycles. The fourth-order valence-corrected chi connectivity index (χ4v) is 2.20. The molecule has 4 heteroatoms. The predicted octanol–water partition coefficient (Wildman–Crippen LogP) is 3.05. The Balaban J connectivity index is 2.24. The van der Waals surface area contributed by atoms with Crippen LogP contribution in [0.2, 0.25) is 0 Å². The molecule has 0 heterocycles. The molecule has 0 bridgehead atoms. The van der Waals surface area contributed by atoms with E-state index < -0.39 is 6.10 Å². The van der Waals surface area contributed by atoms with Gasteiger partial charge in [-0.1, -0.05) is 18.2 Å². The van der Waals surface area contributed by atoms with Crippen LogP contribution in [0.5, 0.6) is 5.75 Å². The second-order valence-corrected chi connectivity index (χ2v) is 5.31. The molecule has 3 nitrogen and oxygen atoms in total. The summed E-state index contributed by atoms with van der Waals surface area (Å²) in [4.78, 5) is 0. The molecule has 0 spiro atoms. The van der Waals surface area contributed by atoms with E-state index >= 15 is 0 Å². The van der Waals surface area contributed by atoms with Crippen LogP contribution in [0.15, 0.2) is 34.8 Å². The number of aliphatic hydroxyl groups excluding tert-OH is 1. The minimum Gasteiger partial charge on any atom is -0.490 e. The van der Waals surface area contributed by atoms with Gasteiger partial charge in [0, 0.05) is 6.54 Å². The van der Waals surface area contributed by atoms with E-state index in [4.69, 9.17) is 4.74 Å². The Morgan fingerprint density at radius 3 is 2.95 bits per heavy atom. The summed E-state index contributed by atoms with van der Waals surface area (Å²) < 4.78 is 6.50. The van der Waals surface area contributed by atoms with E-state index in [0.29, 0.717) is 6.54 Å². The molecule has 1 aromatic carbocycles. The van der Waals surface area contributed by atoms with E-state index in [1.54, 1.807) is 0 Å². The number of hydrogen-bond donors (Lipinski definition) is 2. The molecule has 19 heavy (non-hydrogen) atoms. The van der Waals surface area contributed by atoms with Crippen molar-refractivity contribution in [3.8, 4) is 5.75 Å². The lowest BCUT2D eigenvalue weighted by Crippen LogP contribution is -2.31. The first-order chi connectivity index (χ1) is 9.13. The number of ether oxygens (including phenoxy) is 1. The Bertz CT molecular complexity index is 407. The Hall–Kier alpha value is -0.840. The molecule has 0 amide bonds. The zero-order chi connectivity index (χ0) is 14.1. The maximum atomic E-state index is 9.79. The maximum Gasteiger partial charge on any atom is 0.133 e. The molecule has 0 saturated heterocycles. The summed E-state index contributed by atoms with van der Waals surface area (Å²) in [5.41, 5.74) is 1.17. The van der Waals surface area contributed by atoms with Gasteiger partial charge in [0.15, 0.2) is 0 Å². The number of benzene rings is 1. The van der Waals surface area contributed by atoms with Gasteiger partial charge >= 0.3 is 0 Å². The van der Waals surface area contributed by atoms with Gasteiger partial charge in [-0.05, 0) is 60.4 Å². The molecule has 0 aliphatic carbocycles. The molecular formula is C15H22BrNO2. The van der Waals surface area contributed by atoms with Crippen molar-refractivity contribution in [3.63, 3.8) is 0 Å². The van der Waals surface area contributed by atoms with Crippen LogP contribution in [0.4, 0.5) is 0 Å². The highest BCUT2D eigenvalue weighted by molar-refractivity contribution is 9.10. The van der Waals surface area contributed by atoms with Crippen molar-refractivity contribution in [1.82, 2.24) is 5.32 Å². The van der Waals surface area contributed by atoms with E-state index in [1.807, 2.05) is 38.1 Å². The van der Waals surface area contributed by atoms with Crippen molar-refractivity contribution in [2.24, 2.45) is 0 Å². The zero-order valence-electron chi connectivity index (χ0n) is 11.5. The van der Waals surface area contributed by atoms with Crippen LogP contribution >= 0.6 is 15.9 Å². The molecule has 2 N–H and O–H groups in total. The average Bonchev–Trinajstić information content (AvgIpc) is 2.37. The van der Waals surface area contributed by atoms with Gasteiger partial charge in [-0.25, -0.2) is 0 Å². The van der Waals surface area contributed by atoms with Crippen molar-refractivity contribution < 1.29 is 9.84 Å². The van der Waals surface area contributed by atoms with Crippen molar-refractivity contribution in [1.29, 1.82) is 0 Å². The second-order valence-electron chi connectivity index (χ2n) is 4.46. The first-order valence-electron chi connectivity index (χ1n) is 6.52. The van der Waals surface area contributed by atoms with Crippen LogP contribution in [0.3, 0.4) is 0 Å². The Morgan fingerprint density at radius 2 is 2.26 bits per heavy atom. The lowest BCUT2D eigenvalue weighted by atomic mass is 10.2. The first-order valence-corrected chi connectivity index (χ1v) is 7.31. The number of aliphatic hydroxyl groups is 1. The highest BCUT2D eigenvalue weighted by Gasteiger charge is 2.06. The first kappa shape index (κ1) is 16.2. The average molecular weight is 328 g/mol. The van der Waals surface area contributed by atoms with Gasteiger partial charge in [0.25, 0.3) is 0 Å². The van der Waals surface area contributed by atoms with Gasteiger partial charge in [0.1, 0.15) is 18.5 Å². The third-order valence-electron chi connectivity index (χ3n) is 2.62. The molecule has 1 rings (SSSR count). The lowest BCUT2D eigenvalue weighted by molar-refractivity contribution is 0.106. The highest BCUT2D eigenvalue weighted by Crippen LogP contribution is 2.25. The molecule has 1 atom stereocenters. The largest absolute Gasteiger partial charge is 0.490 e.